The van der Waals surface area contributed by atoms with Crippen LogP contribution in [0.15, 0.2) is 146 Å². The van der Waals surface area contributed by atoms with E-state index in [9.17, 15) is 43.5 Å². The van der Waals surface area contributed by atoms with Crippen molar-refractivity contribution in [2.45, 2.75) is 360 Å². The second-order valence-electron chi connectivity index (χ2n) is 27.9. The molecule has 0 spiro atoms. The summed E-state index contributed by atoms with van der Waals surface area (Å²) in [5, 5.41) is 20.7. The van der Waals surface area contributed by atoms with Crippen molar-refractivity contribution in [3.63, 3.8) is 0 Å². The summed E-state index contributed by atoms with van der Waals surface area (Å²) in [7, 11) is -9.79. The van der Waals surface area contributed by atoms with Gasteiger partial charge in [-0.15, -0.1) is 0 Å². The minimum absolute atomic E-state index is 0.102. The molecule has 0 rings (SSSR count). The van der Waals surface area contributed by atoms with Crippen molar-refractivity contribution in [2.24, 2.45) is 0 Å². The fourth-order valence-corrected chi connectivity index (χ4v) is 12.8. The Labute approximate surface area is 651 Å². The summed E-state index contributed by atoms with van der Waals surface area (Å²) < 4.78 is 61.2. The molecule has 0 bridgehead atoms. The largest absolute Gasteiger partial charge is 0.472 e. The van der Waals surface area contributed by atoms with Crippen LogP contribution in [-0.4, -0.2) is 95.9 Å². The van der Waals surface area contributed by atoms with Gasteiger partial charge in [0.05, 0.1) is 26.4 Å². The smallest absolute Gasteiger partial charge is 0.463 e. The molecule has 0 aromatic carbocycles. The number of carbonyl (C=O) groups is 3. The first-order chi connectivity index (χ1) is 52.2. The Morgan fingerprint density at radius 1 is 0.271 bits per heavy atom. The molecule has 4 N–H and O–H groups in total. The summed E-state index contributed by atoms with van der Waals surface area (Å²) in [6, 6.07) is 0. The third-order valence-electron chi connectivity index (χ3n) is 17.6. The van der Waals surface area contributed by atoms with Crippen molar-refractivity contribution >= 4 is 33.6 Å². The average Bonchev–Trinajstić information content (AvgIpc) is 0.908. The van der Waals surface area contributed by atoms with E-state index in [4.69, 9.17) is 32.3 Å². The number of hydrogen-bond donors (Lipinski definition) is 4. The van der Waals surface area contributed by atoms with Gasteiger partial charge >= 0.3 is 33.6 Å². The van der Waals surface area contributed by atoms with E-state index in [1.165, 1.54) is 116 Å². The minimum Gasteiger partial charge on any atom is -0.463 e. The monoisotopic (exact) mass is 1540 g/mol. The topological polar surface area (TPSA) is 231 Å². The number of allylic oxidation sites excluding steroid dienone is 24. The molecular formula is C89H152O16P2. The molecule has 0 radical (unpaired) electrons. The quantitative estimate of drug-likeness (QED) is 0.0146. The maximum absolute atomic E-state index is 13.0. The first-order valence-electron chi connectivity index (χ1n) is 42.1. The van der Waals surface area contributed by atoms with Crippen molar-refractivity contribution < 1.29 is 75.8 Å². The number of ether oxygens (including phenoxy) is 3. The molecule has 0 aliphatic heterocycles. The summed E-state index contributed by atoms with van der Waals surface area (Å²) in [4.78, 5) is 58.7. The lowest BCUT2D eigenvalue weighted by molar-refractivity contribution is -0.161. The van der Waals surface area contributed by atoms with Crippen LogP contribution in [0.2, 0.25) is 0 Å². The van der Waals surface area contributed by atoms with E-state index in [2.05, 4.69) is 167 Å². The lowest BCUT2D eigenvalue weighted by Gasteiger charge is -2.21. The first-order valence-corrected chi connectivity index (χ1v) is 45.1. The highest BCUT2D eigenvalue weighted by atomic mass is 31.2. The number of rotatable bonds is 79. The van der Waals surface area contributed by atoms with Gasteiger partial charge in [-0.1, -0.05) is 346 Å². The SMILES string of the molecule is CC/C=C\C/C=C\C/C=C\C/C=C\C/C=C\C/C=C\CCCCCCCCCCCCCCCCC(=O)OCC(O)COP(=O)(O)OCC(O)COP(=O)(O)OCC(COC(=O)CCCCCCCC/C=C\C/C=C\C/C=C\C/C=C\C/C=C\C/C=C\CC)OC(=O)CCCCCCCCCCCCCCC. The van der Waals surface area contributed by atoms with E-state index < -0.39 is 91.5 Å². The van der Waals surface area contributed by atoms with Gasteiger partial charge in [0.1, 0.15) is 25.4 Å². The van der Waals surface area contributed by atoms with Gasteiger partial charge in [0.15, 0.2) is 6.10 Å². The van der Waals surface area contributed by atoms with Gasteiger partial charge < -0.3 is 34.2 Å². The molecule has 0 aromatic heterocycles. The number of phosphoric acid groups is 2. The molecule has 16 nitrogen and oxygen atoms in total. The third kappa shape index (κ3) is 82.2. The Kier molecular flexibility index (Phi) is 77.5. The highest BCUT2D eigenvalue weighted by Gasteiger charge is 2.29. The number of unbranched alkanes of at least 4 members (excludes halogenated alkanes) is 32. The van der Waals surface area contributed by atoms with Crippen LogP contribution in [0, 0.1) is 0 Å². The van der Waals surface area contributed by atoms with Crippen LogP contribution in [0.4, 0.5) is 0 Å². The summed E-state index contributed by atoms with van der Waals surface area (Å²) in [6.07, 6.45) is 100. The van der Waals surface area contributed by atoms with Gasteiger partial charge in [0, 0.05) is 19.3 Å². The number of hydrogen-bond acceptors (Lipinski definition) is 14. The molecule has 614 valence electrons. The molecule has 5 atom stereocenters. The molecule has 0 aliphatic rings. The van der Waals surface area contributed by atoms with Crippen molar-refractivity contribution in [2.75, 3.05) is 39.6 Å². The van der Waals surface area contributed by atoms with Gasteiger partial charge in [-0.05, 0) is 122 Å². The van der Waals surface area contributed by atoms with E-state index >= 15 is 0 Å². The summed E-state index contributed by atoms with van der Waals surface area (Å²) in [5.74, 6) is -1.58. The lowest BCUT2D eigenvalue weighted by Crippen LogP contribution is -2.30. The molecule has 0 saturated carbocycles. The Morgan fingerprint density at radius 2 is 0.495 bits per heavy atom. The third-order valence-corrected chi connectivity index (χ3v) is 19.5. The van der Waals surface area contributed by atoms with E-state index in [1.807, 2.05) is 0 Å². The summed E-state index contributed by atoms with van der Waals surface area (Å²) >= 11 is 0. The minimum atomic E-state index is -4.93. The molecule has 0 heterocycles. The number of aliphatic hydroxyl groups is 2. The first kappa shape index (κ1) is 102. The standard InChI is InChI=1S/C89H152O16P2/c1-4-7-10-13-16-19-22-25-27-29-31-33-35-37-38-39-40-41-42-43-44-46-48-49-51-53-55-58-60-63-66-69-72-75-87(92)99-78-84(90)79-101-106(95,96)102-80-85(91)81-103-107(97,98)104-83-86(105-89(94)77-74-71-68-65-62-57-24-21-18-15-12-9-6-3)82-100-88(93)76-73-70-67-64-61-59-56-54-52-50-47-45-36-34-32-30-28-26-23-20-17-14-11-8-5-2/h7-8,10-11,16-17,19-20,25-28,31-34,37-38,40-41,45,47,52,54,84-86,90-91H,4-6,9,12-15,18,21-24,29-30,35-36,39,42-44,46,48-51,53,55-83H2,1-3H3,(H,95,96)(H,97,98)/b10-7-,11-8-,19-16-,20-17-,27-25-,28-26-,33-31-,34-32-,38-37-,41-40-,47-45-,54-52-. The van der Waals surface area contributed by atoms with Crippen LogP contribution in [0.1, 0.15) is 342 Å². The molecular weight excluding hydrogens is 1390 g/mol. The second-order valence-corrected chi connectivity index (χ2v) is 30.8. The Bertz CT molecular complexity index is 2530. The van der Waals surface area contributed by atoms with Crippen LogP contribution >= 0.6 is 15.6 Å². The Balaban J connectivity index is 4.46. The zero-order chi connectivity index (χ0) is 78.0. The van der Waals surface area contributed by atoms with Crippen LogP contribution in [0.5, 0.6) is 0 Å². The lowest BCUT2D eigenvalue weighted by atomic mass is 10.0. The molecule has 0 aromatic rings. The van der Waals surface area contributed by atoms with Crippen molar-refractivity contribution in [3.8, 4) is 0 Å². The predicted octanol–water partition coefficient (Wildman–Crippen LogP) is 25.2. The molecule has 107 heavy (non-hydrogen) atoms. The molecule has 0 fully saturated rings. The summed E-state index contributed by atoms with van der Waals surface area (Å²) in [6.45, 7) is 2.46. The zero-order valence-corrected chi connectivity index (χ0v) is 69.1. The Hall–Kier alpha value is -4.57. The van der Waals surface area contributed by atoms with Crippen LogP contribution in [-0.2, 0) is 55.8 Å². The normalized spacial score (nSPS) is 14.6. The highest BCUT2D eigenvalue weighted by Crippen LogP contribution is 2.45. The van der Waals surface area contributed by atoms with Crippen LogP contribution in [0.3, 0.4) is 0 Å². The van der Waals surface area contributed by atoms with E-state index in [0.29, 0.717) is 19.3 Å². The fourth-order valence-electron chi connectivity index (χ4n) is 11.2. The van der Waals surface area contributed by atoms with Gasteiger partial charge in [-0.25, -0.2) is 9.13 Å². The van der Waals surface area contributed by atoms with Gasteiger partial charge in [-0.2, -0.15) is 0 Å². The average molecular weight is 1540 g/mol. The van der Waals surface area contributed by atoms with Gasteiger partial charge in [0.2, 0.25) is 0 Å². The van der Waals surface area contributed by atoms with Gasteiger partial charge in [0.25, 0.3) is 0 Å². The van der Waals surface area contributed by atoms with Crippen LogP contribution < -0.4 is 0 Å². The van der Waals surface area contributed by atoms with E-state index in [0.717, 1.165) is 167 Å². The number of esters is 3. The van der Waals surface area contributed by atoms with E-state index in [-0.39, 0.29) is 19.3 Å². The molecule has 18 heteroatoms. The second kappa shape index (κ2) is 80.9. The zero-order valence-electron chi connectivity index (χ0n) is 67.3. The number of carbonyl (C=O) groups excluding carboxylic acids is 3. The Morgan fingerprint density at radius 3 is 0.785 bits per heavy atom. The molecule has 0 aliphatic carbocycles. The molecule has 0 amide bonds. The molecule has 0 saturated heterocycles. The summed E-state index contributed by atoms with van der Waals surface area (Å²) in [5.41, 5.74) is 0. The van der Waals surface area contributed by atoms with Crippen molar-refractivity contribution in [1.82, 2.24) is 0 Å². The maximum atomic E-state index is 13.0. The van der Waals surface area contributed by atoms with Gasteiger partial charge in [-0.3, -0.25) is 32.5 Å². The maximum Gasteiger partial charge on any atom is 0.472 e. The fraction of sp³-hybridized carbons (Fsp3) is 0.697. The van der Waals surface area contributed by atoms with Crippen molar-refractivity contribution in [1.29, 1.82) is 0 Å². The highest BCUT2D eigenvalue weighted by molar-refractivity contribution is 7.47. The predicted molar refractivity (Wildman–Crippen MR) is 445 cm³/mol. The number of aliphatic hydroxyl groups excluding tert-OH is 2. The van der Waals surface area contributed by atoms with E-state index in [1.54, 1.807) is 0 Å². The number of phosphoric ester groups is 2. The van der Waals surface area contributed by atoms with Crippen LogP contribution in [0.25, 0.3) is 0 Å². The molecule has 5 unspecified atom stereocenters. The van der Waals surface area contributed by atoms with Crippen molar-refractivity contribution in [3.05, 3.63) is 146 Å².